The quantitative estimate of drug-likeness (QED) is 0.913. The van der Waals surface area contributed by atoms with E-state index >= 15 is 0 Å². The highest BCUT2D eigenvalue weighted by Crippen LogP contribution is 2.32. The van der Waals surface area contributed by atoms with E-state index < -0.39 is 17.7 Å². The first kappa shape index (κ1) is 14.8. The van der Waals surface area contributed by atoms with Crippen molar-refractivity contribution in [3.8, 4) is 11.3 Å². The number of rotatable bonds is 3. The zero-order valence-corrected chi connectivity index (χ0v) is 10.7. The van der Waals surface area contributed by atoms with Crippen LogP contribution in [0.5, 0.6) is 0 Å². The van der Waals surface area contributed by atoms with E-state index in [0.29, 0.717) is 11.1 Å². The van der Waals surface area contributed by atoms with Gasteiger partial charge in [0.1, 0.15) is 0 Å². The van der Waals surface area contributed by atoms with Crippen molar-refractivity contribution in [3.63, 3.8) is 0 Å². The van der Waals surface area contributed by atoms with Crippen LogP contribution in [0.15, 0.2) is 36.5 Å². The molecule has 2 aromatic rings. The second-order valence-corrected chi connectivity index (χ2v) is 4.38. The normalized spacial score (nSPS) is 11.4. The number of anilines is 1. The van der Waals surface area contributed by atoms with E-state index in [4.69, 9.17) is 10.8 Å². The average molecular weight is 296 g/mol. The minimum absolute atomic E-state index is 0.152. The van der Waals surface area contributed by atoms with Crippen LogP contribution in [0.3, 0.4) is 0 Å². The second-order valence-electron chi connectivity index (χ2n) is 4.38. The molecule has 0 aliphatic carbocycles. The Labute approximate surface area is 118 Å². The summed E-state index contributed by atoms with van der Waals surface area (Å²) in [4.78, 5) is 14.7. The van der Waals surface area contributed by atoms with E-state index in [2.05, 4.69) is 4.98 Å². The van der Waals surface area contributed by atoms with Crippen LogP contribution in [0.25, 0.3) is 11.3 Å². The van der Waals surface area contributed by atoms with Gasteiger partial charge in [-0.3, -0.25) is 9.78 Å². The third-order valence-electron chi connectivity index (χ3n) is 2.91. The number of nitrogens with zero attached hydrogens (tertiary/aromatic N) is 1. The molecule has 0 spiro atoms. The number of aliphatic carboxylic acids is 1. The molecule has 7 heteroatoms. The van der Waals surface area contributed by atoms with Crippen LogP contribution in [-0.2, 0) is 17.4 Å². The Kier molecular flexibility index (Phi) is 3.84. The number of carboxylic acid groups (broad SMARTS) is 1. The summed E-state index contributed by atoms with van der Waals surface area (Å²) < 4.78 is 37.5. The molecule has 21 heavy (non-hydrogen) atoms. The number of pyridine rings is 1. The topological polar surface area (TPSA) is 76.2 Å². The van der Waals surface area contributed by atoms with Gasteiger partial charge in [-0.15, -0.1) is 0 Å². The largest absolute Gasteiger partial charge is 0.481 e. The van der Waals surface area contributed by atoms with Crippen molar-refractivity contribution in [1.29, 1.82) is 0 Å². The molecule has 110 valence electrons. The lowest BCUT2D eigenvalue weighted by Gasteiger charge is -2.10. The van der Waals surface area contributed by atoms with Crippen molar-refractivity contribution in [2.24, 2.45) is 0 Å². The smallest absolute Gasteiger partial charge is 0.416 e. The Balaban J connectivity index is 2.40. The van der Waals surface area contributed by atoms with Gasteiger partial charge in [0.05, 0.1) is 23.4 Å². The van der Waals surface area contributed by atoms with E-state index in [1.54, 1.807) is 0 Å². The molecule has 0 saturated heterocycles. The average Bonchev–Trinajstić information content (AvgIpc) is 2.40. The molecule has 0 unspecified atom stereocenters. The molecular weight excluding hydrogens is 285 g/mol. The molecule has 0 atom stereocenters. The van der Waals surface area contributed by atoms with Crippen molar-refractivity contribution in [2.45, 2.75) is 12.6 Å². The Morgan fingerprint density at radius 1 is 1.19 bits per heavy atom. The van der Waals surface area contributed by atoms with Gasteiger partial charge in [0.25, 0.3) is 0 Å². The molecule has 3 N–H and O–H groups in total. The Morgan fingerprint density at radius 3 is 2.33 bits per heavy atom. The Bertz CT molecular complexity index is 667. The first-order chi connectivity index (χ1) is 9.79. The first-order valence-corrected chi connectivity index (χ1v) is 5.92. The predicted octanol–water partition coefficient (Wildman–Crippen LogP) is 2.98. The minimum atomic E-state index is -4.41. The number of halogens is 3. The molecule has 0 aliphatic rings. The van der Waals surface area contributed by atoms with Crippen molar-refractivity contribution >= 4 is 11.7 Å². The standard InChI is InChI=1S/C14H11F3N2O2/c15-14(16,17)10-3-1-8(2-4-10)13-12(18)9(5-6-19-13)7-11(20)21/h1-6H,7,18H2,(H,20,21). The van der Waals surface area contributed by atoms with Crippen molar-refractivity contribution in [3.05, 3.63) is 47.7 Å². The maximum absolute atomic E-state index is 12.5. The van der Waals surface area contributed by atoms with Crippen LogP contribution >= 0.6 is 0 Å². The molecule has 1 aromatic heterocycles. The number of carbonyl (C=O) groups is 1. The lowest BCUT2D eigenvalue weighted by atomic mass is 10.0. The van der Waals surface area contributed by atoms with Gasteiger partial charge < -0.3 is 10.8 Å². The fourth-order valence-corrected chi connectivity index (χ4v) is 1.88. The molecule has 0 fully saturated rings. The van der Waals surface area contributed by atoms with Gasteiger partial charge in [-0.05, 0) is 23.8 Å². The molecule has 0 saturated carbocycles. The van der Waals surface area contributed by atoms with Crippen molar-refractivity contribution < 1.29 is 23.1 Å². The lowest BCUT2D eigenvalue weighted by molar-refractivity contribution is -0.138. The molecule has 1 heterocycles. The zero-order valence-electron chi connectivity index (χ0n) is 10.7. The van der Waals surface area contributed by atoms with Crippen LogP contribution in [0.2, 0.25) is 0 Å². The highest BCUT2D eigenvalue weighted by atomic mass is 19.4. The number of carboxylic acids is 1. The molecule has 1 aromatic carbocycles. The summed E-state index contributed by atoms with van der Waals surface area (Å²) in [7, 11) is 0. The number of aromatic nitrogens is 1. The third-order valence-corrected chi connectivity index (χ3v) is 2.91. The van der Waals surface area contributed by atoms with Gasteiger partial charge in [0, 0.05) is 11.8 Å². The van der Waals surface area contributed by atoms with E-state index in [1.165, 1.54) is 24.4 Å². The first-order valence-electron chi connectivity index (χ1n) is 5.92. The van der Waals surface area contributed by atoms with Crippen LogP contribution in [0, 0.1) is 0 Å². The SMILES string of the molecule is Nc1c(CC(=O)O)ccnc1-c1ccc(C(F)(F)F)cc1. The van der Waals surface area contributed by atoms with Crippen molar-refractivity contribution in [1.82, 2.24) is 4.98 Å². The van der Waals surface area contributed by atoms with E-state index in [-0.39, 0.29) is 17.8 Å². The fourth-order valence-electron chi connectivity index (χ4n) is 1.88. The number of nitrogens with two attached hydrogens (primary N) is 1. The molecule has 0 aliphatic heterocycles. The minimum Gasteiger partial charge on any atom is -0.481 e. The van der Waals surface area contributed by atoms with Crippen LogP contribution < -0.4 is 5.73 Å². The third kappa shape index (κ3) is 3.31. The van der Waals surface area contributed by atoms with Gasteiger partial charge in [0.2, 0.25) is 0 Å². The Hall–Kier alpha value is -2.57. The Morgan fingerprint density at radius 2 is 1.81 bits per heavy atom. The summed E-state index contributed by atoms with van der Waals surface area (Å²) in [6, 6.07) is 5.84. The van der Waals surface area contributed by atoms with Gasteiger partial charge in [-0.25, -0.2) is 0 Å². The van der Waals surface area contributed by atoms with Crippen LogP contribution in [0.1, 0.15) is 11.1 Å². The number of alkyl halides is 3. The molecule has 0 amide bonds. The zero-order chi connectivity index (χ0) is 15.6. The number of benzene rings is 1. The summed E-state index contributed by atoms with van der Waals surface area (Å²) in [6.07, 6.45) is -3.31. The highest BCUT2D eigenvalue weighted by Gasteiger charge is 2.30. The second kappa shape index (κ2) is 5.43. The molecule has 0 bridgehead atoms. The lowest BCUT2D eigenvalue weighted by Crippen LogP contribution is -2.06. The predicted molar refractivity (Wildman–Crippen MR) is 70.4 cm³/mol. The van der Waals surface area contributed by atoms with Crippen LogP contribution in [0.4, 0.5) is 18.9 Å². The van der Waals surface area contributed by atoms with Gasteiger partial charge in [0.15, 0.2) is 0 Å². The maximum atomic E-state index is 12.5. The van der Waals surface area contributed by atoms with Gasteiger partial charge in [-0.2, -0.15) is 13.2 Å². The monoisotopic (exact) mass is 296 g/mol. The summed E-state index contributed by atoms with van der Waals surface area (Å²) in [5.41, 5.74) is 6.25. The fraction of sp³-hybridized carbons (Fsp3) is 0.143. The maximum Gasteiger partial charge on any atom is 0.416 e. The van der Waals surface area contributed by atoms with E-state index in [9.17, 15) is 18.0 Å². The summed E-state index contributed by atoms with van der Waals surface area (Å²) >= 11 is 0. The number of nitrogen functional groups attached to an aromatic ring is 1. The summed E-state index contributed by atoms with van der Waals surface area (Å²) in [5.74, 6) is -1.05. The number of hydrogen-bond donors (Lipinski definition) is 2. The van der Waals surface area contributed by atoms with Gasteiger partial charge >= 0.3 is 12.1 Å². The van der Waals surface area contributed by atoms with Gasteiger partial charge in [-0.1, -0.05) is 12.1 Å². The van der Waals surface area contributed by atoms with E-state index in [1.807, 2.05) is 0 Å². The molecule has 0 radical (unpaired) electrons. The molecule has 2 rings (SSSR count). The number of hydrogen-bond acceptors (Lipinski definition) is 3. The summed E-state index contributed by atoms with van der Waals surface area (Å²) in [6.45, 7) is 0. The van der Waals surface area contributed by atoms with Crippen LogP contribution in [-0.4, -0.2) is 16.1 Å². The molecule has 4 nitrogen and oxygen atoms in total. The highest BCUT2D eigenvalue weighted by molar-refractivity contribution is 5.79. The summed E-state index contributed by atoms with van der Waals surface area (Å²) in [5, 5.41) is 8.78. The van der Waals surface area contributed by atoms with Crippen molar-refractivity contribution in [2.75, 3.05) is 5.73 Å². The van der Waals surface area contributed by atoms with E-state index in [0.717, 1.165) is 12.1 Å². The molecular formula is C14H11F3N2O2.